The lowest BCUT2D eigenvalue weighted by Crippen LogP contribution is -2.21. The molecule has 2 heterocycles. The average molecular weight is 647 g/mol. The van der Waals surface area contributed by atoms with Gasteiger partial charge in [0.15, 0.2) is 0 Å². The molecule has 0 saturated heterocycles. The Morgan fingerprint density at radius 1 is 0.933 bits per heavy atom. The minimum Gasteiger partial charge on any atom is -0.475 e. The molecule has 2 aromatic heterocycles. The molecule has 0 saturated carbocycles. The molecule has 3 aromatic carbocycles. The van der Waals surface area contributed by atoms with Gasteiger partial charge in [-0.3, -0.25) is 0 Å². The number of aryl methyl sites for hydroxylation is 1. The summed E-state index contributed by atoms with van der Waals surface area (Å²) in [6, 6.07) is 20.8. The van der Waals surface area contributed by atoms with Crippen LogP contribution in [0, 0.1) is 5.82 Å². The van der Waals surface area contributed by atoms with E-state index in [0.29, 0.717) is 35.5 Å². The number of hydrogen-bond acceptors (Lipinski definition) is 9. The molecule has 5 rings (SSSR count). The predicted molar refractivity (Wildman–Crippen MR) is 160 cm³/mol. The molecule has 45 heavy (non-hydrogen) atoms. The van der Waals surface area contributed by atoms with E-state index in [1.807, 2.05) is 29.8 Å². The smallest absolute Gasteiger partial charge is 0.475 e. The zero-order valence-electron chi connectivity index (χ0n) is 23.4. The quantitative estimate of drug-likeness (QED) is 0.137. The topological polar surface area (TPSA) is 177 Å². The van der Waals surface area contributed by atoms with E-state index in [1.54, 1.807) is 48.7 Å². The molecule has 12 nitrogen and oxygen atoms in total. The summed E-state index contributed by atoms with van der Waals surface area (Å²) in [5.41, 5.74) is 4.86. The summed E-state index contributed by atoms with van der Waals surface area (Å²) in [6.45, 7) is 0.520. The highest BCUT2D eigenvalue weighted by atomic mass is 32.2. The maximum atomic E-state index is 13.2. The number of carbonyl (C=O) groups is 1. The van der Waals surface area contributed by atoms with E-state index in [9.17, 15) is 26.0 Å². The molecule has 0 aliphatic carbocycles. The molecule has 17 heteroatoms. The number of rotatable bonds is 9. The van der Waals surface area contributed by atoms with Gasteiger partial charge in [0.05, 0.1) is 16.8 Å². The van der Waals surface area contributed by atoms with E-state index >= 15 is 0 Å². The molecule has 0 aliphatic rings. The van der Waals surface area contributed by atoms with Crippen LogP contribution in [-0.4, -0.2) is 45.2 Å². The van der Waals surface area contributed by atoms with Gasteiger partial charge in [0, 0.05) is 31.2 Å². The second kappa shape index (κ2) is 13.6. The van der Waals surface area contributed by atoms with E-state index in [0.717, 1.165) is 22.3 Å². The van der Waals surface area contributed by atoms with Crippen molar-refractivity contribution in [2.45, 2.75) is 18.5 Å². The summed E-state index contributed by atoms with van der Waals surface area (Å²) in [5, 5.41) is 21.8. The van der Waals surface area contributed by atoms with Crippen molar-refractivity contribution in [2.75, 3.05) is 16.0 Å². The lowest BCUT2D eigenvalue weighted by molar-refractivity contribution is -0.192. The highest BCUT2D eigenvalue weighted by Gasteiger charge is 2.38. The van der Waals surface area contributed by atoms with Crippen molar-refractivity contribution in [1.29, 1.82) is 0 Å². The standard InChI is InChI=1S/C26H25FN8O2S.C2HF3O2/c1-35-23-11-4-18(14-22(23)33-26(35)32-21-9-5-19(27)6-10-21)15-30-24-12-13-29-25(34-24)31-20-7-2-17(3-8-20)16-38(28,36)37;3-2(4,5)1(6)7/h2-14H,15-16H2,1H3,(H,32,33)(H2,28,36,37)(H2,29,30,31,34);(H,6,7). The zero-order valence-corrected chi connectivity index (χ0v) is 24.2. The predicted octanol–water partition coefficient (Wildman–Crippen LogP) is 5.02. The molecular weight excluding hydrogens is 620 g/mol. The van der Waals surface area contributed by atoms with Crippen molar-refractivity contribution < 1.29 is 35.9 Å². The Kier molecular flexibility index (Phi) is 9.83. The third-order valence-electron chi connectivity index (χ3n) is 6.00. The van der Waals surface area contributed by atoms with Gasteiger partial charge in [0.2, 0.25) is 21.9 Å². The fraction of sp³-hybridized carbons (Fsp3) is 0.143. The van der Waals surface area contributed by atoms with Crippen LogP contribution in [0.15, 0.2) is 79.0 Å². The van der Waals surface area contributed by atoms with Gasteiger partial charge in [0.1, 0.15) is 11.6 Å². The van der Waals surface area contributed by atoms with Crippen LogP contribution in [0.2, 0.25) is 0 Å². The van der Waals surface area contributed by atoms with E-state index in [4.69, 9.17) is 15.0 Å². The Balaban J connectivity index is 0.000000591. The van der Waals surface area contributed by atoms with Crippen molar-refractivity contribution in [1.82, 2.24) is 19.5 Å². The molecule has 0 spiro atoms. The second-order valence-electron chi connectivity index (χ2n) is 9.50. The molecule has 5 aromatic rings. The second-order valence-corrected chi connectivity index (χ2v) is 11.1. The van der Waals surface area contributed by atoms with E-state index < -0.39 is 22.2 Å². The molecule has 6 N–H and O–H groups in total. The number of hydrogen-bond donors (Lipinski definition) is 5. The lowest BCUT2D eigenvalue weighted by Gasteiger charge is -2.09. The van der Waals surface area contributed by atoms with Crippen LogP contribution in [0.5, 0.6) is 0 Å². The van der Waals surface area contributed by atoms with E-state index in [2.05, 4.69) is 30.9 Å². The van der Waals surface area contributed by atoms with Gasteiger partial charge in [-0.1, -0.05) is 18.2 Å². The number of imidazole rings is 1. The average Bonchev–Trinajstić information content (AvgIpc) is 3.27. The van der Waals surface area contributed by atoms with Crippen molar-refractivity contribution in [2.24, 2.45) is 12.2 Å². The van der Waals surface area contributed by atoms with Gasteiger partial charge in [-0.25, -0.2) is 32.7 Å². The summed E-state index contributed by atoms with van der Waals surface area (Å²) in [4.78, 5) is 22.3. The zero-order chi connectivity index (χ0) is 32.8. The fourth-order valence-electron chi connectivity index (χ4n) is 3.89. The van der Waals surface area contributed by atoms with Gasteiger partial charge in [-0.05, 0) is 65.7 Å². The molecular formula is C28H26F4N8O4S. The molecule has 0 aliphatic heterocycles. The number of carboxylic acid groups (broad SMARTS) is 1. The minimum atomic E-state index is -5.08. The number of nitrogens with one attached hydrogen (secondary N) is 3. The van der Waals surface area contributed by atoms with E-state index in [1.165, 1.54) is 12.1 Å². The van der Waals surface area contributed by atoms with Crippen molar-refractivity contribution in [3.8, 4) is 0 Å². The Morgan fingerprint density at radius 3 is 2.16 bits per heavy atom. The number of nitrogens with zero attached hydrogens (tertiary/aromatic N) is 4. The van der Waals surface area contributed by atoms with Gasteiger partial charge in [0.25, 0.3) is 0 Å². The van der Waals surface area contributed by atoms with Crippen LogP contribution in [0.4, 0.5) is 46.7 Å². The molecule has 0 amide bonds. The molecule has 0 fully saturated rings. The highest BCUT2D eigenvalue weighted by molar-refractivity contribution is 7.88. The van der Waals surface area contributed by atoms with Crippen LogP contribution in [-0.2, 0) is 34.2 Å². The third-order valence-corrected chi connectivity index (χ3v) is 6.73. The summed E-state index contributed by atoms with van der Waals surface area (Å²) < 4.78 is 69.4. The number of primary sulfonamides is 1. The first-order chi connectivity index (χ1) is 21.2. The Labute approximate surface area is 254 Å². The molecule has 0 atom stereocenters. The number of nitrogens with two attached hydrogens (primary N) is 1. The first-order valence-electron chi connectivity index (χ1n) is 12.9. The Morgan fingerprint density at radius 2 is 1.53 bits per heavy atom. The van der Waals surface area contributed by atoms with Gasteiger partial charge >= 0.3 is 12.1 Å². The molecule has 0 unspecified atom stereocenters. The van der Waals surface area contributed by atoms with Crippen molar-refractivity contribution >= 4 is 56.1 Å². The summed E-state index contributed by atoms with van der Waals surface area (Å²) in [5.74, 6) is -1.59. The number of carboxylic acids is 1. The number of aliphatic carboxylic acids is 1. The van der Waals surface area contributed by atoms with Crippen LogP contribution in [0.1, 0.15) is 11.1 Å². The minimum absolute atomic E-state index is 0.223. The summed E-state index contributed by atoms with van der Waals surface area (Å²) in [7, 11) is -1.67. The third kappa shape index (κ3) is 9.60. The first kappa shape index (κ1) is 32.6. The summed E-state index contributed by atoms with van der Waals surface area (Å²) >= 11 is 0. The molecule has 0 bridgehead atoms. The highest BCUT2D eigenvalue weighted by Crippen LogP contribution is 2.23. The van der Waals surface area contributed by atoms with Gasteiger partial charge in [-0.15, -0.1) is 0 Å². The number of anilines is 5. The largest absolute Gasteiger partial charge is 0.490 e. The normalized spacial score (nSPS) is 11.4. The molecule has 236 valence electrons. The monoisotopic (exact) mass is 646 g/mol. The van der Waals surface area contributed by atoms with Gasteiger partial charge < -0.3 is 25.6 Å². The SMILES string of the molecule is Cn1c(Nc2ccc(F)cc2)nc2cc(CNc3ccnc(Nc4ccc(CS(N)(=O)=O)cc4)n3)ccc21.O=C(O)C(F)(F)F. The van der Waals surface area contributed by atoms with Gasteiger partial charge in [-0.2, -0.15) is 18.2 Å². The maximum Gasteiger partial charge on any atom is 0.490 e. The van der Waals surface area contributed by atoms with Crippen molar-refractivity contribution in [3.63, 3.8) is 0 Å². The number of fused-ring (bicyclic) bond motifs is 1. The fourth-order valence-corrected chi connectivity index (χ4v) is 4.54. The number of alkyl halides is 3. The first-order valence-corrected chi connectivity index (χ1v) is 14.6. The lowest BCUT2D eigenvalue weighted by atomic mass is 10.2. The Hall–Kier alpha value is -5.29. The summed E-state index contributed by atoms with van der Waals surface area (Å²) in [6.07, 6.45) is -3.44. The molecule has 0 radical (unpaired) electrons. The van der Waals surface area contributed by atoms with Crippen LogP contribution in [0.25, 0.3) is 11.0 Å². The van der Waals surface area contributed by atoms with Crippen LogP contribution >= 0.6 is 0 Å². The number of benzene rings is 3. The number of aromatic nitrogens is 4. The number of halogens is 4. The van der Waals surface area contributed by atoms with Crippen LogP contribution in [0.3, 0.4) is 0 Å². The number of sulfonamides is 1. The Bertz CT molecular complexity index is 1900. The van der Waals surface area contributed by atoms with Crippen molar-refractivity contribution in [3.05, 3.63) is 95.9 Å². The van der Waals surface area contributed by atoms with Crippen LogP contribution < -0.4 is 21.1 Å². The van der Waals surface area contributed by atoms with E-state index in [-0.39, 0.29) is 11.6 Å². The maximum absolute atomic E-state index is 13.2.